The van der Waals surface area contributed by atoms with Crippen LogP contribution < -0.4 is 14.8 Å². The van der Waals surface area contributed by atoms with Gasteiger partial charge in [0.05, 0.1) is 25.3 Å². The van der Waals surface area contributed by atoms with E-state index in [1.165, 1.54) is 0 Å². The molecule has 9 heteroatoms. The summed E-state index contributed by atoms with van der Waals surface area (Å²) in [6.45, 7) is 6.67. The third kappa shape index (κ3) is 5.11. The lowest BCUT2D eigenvalue weighted by Crippen LogP contribution is -2.15. The number of hydrogen-bond acceptors (Lipinski definition) is 6. The molecule has 152 valence electrons. The van der Waals surface area contributed by atoms with Crippen LogP contribution in [0.4, 0.5) is 5.69 Å². The lowest BCUT2D eigenvalue weighted by Gasteiger charge is -2.14. The Kier molecular flexibility index (Phi) is 6.82. The zero-order valence-electron chi connectivity index (χ0n) is 16.5. The molecule has 29 heavy (non-hydrogen) atoms. The number of halogens is 1. The van der Waals surface area contributed by atoms with Gasteiger partial charge in [0.15, 0.2) is 17.3 Å². The summed E-state index contributed by atoms with van der Waals surface area (Å²) in [5.41, 5.74) is 2.24. The summed E-state index contributed by atoms with van der Waals surface area (Å²) < 4.78 is 13.7. The maximum atomic E-state index is 12.6. The van der Waals surface area contributed by atoms with Crippen molar-refractivity contribution in [2.24, 2.45) is 0 Å². The van der Waals surface area contributed by atoms with Gasteiger partial charge >= 0.3 is 0 Å². The van der Waals surface area contributed by atoms with E-state index in [-0.39, 0.29) is 12.3 Å². The molecule has 0 aliphatic carbocycles. The number of amides is 1. The number of nitrogens with zero attached hydrogens (tertiary/aromatic N) is 4. The monoisotopic (exact) mass is 459 g/mol. The molecule has 3 aromatic rings. The number of aryl methyl sites for hydroxylation is 1. The number of carbonyl (C=O) groups is 1. The van der Waals surface area contributed by atoms with Crippen molar-refractivity contribution in [1.82, 2.24) is 20.2 Å². The zero-order chi connectivity index (χ0) is 20.8. The Hall–Kier alpha value is -2.94. The highest BCUT2D eigenvalue weighted by Crippen LogP contribution is 2.34. The maximum absolute atomic E-state index is 12.6. The van der Waals surface area contributed by atoms with E-state index in [9.17, 15) is 4.79 Å². The molecule has 3 rings (SSSR count). The molecule has 0 bridgehead atoms. The molecule has 0 fully saturated rings. The van der Waals surface area contributed by atoms with Gasteiger partial charge in [-0.3, -0.25) is 4.79 Å². The Morgan fingerprint density at radius 2 is 1.86 bits per heavy atom. The van der Waals surface area contributed by atoms with E-state index in [0.717, 1.165) is 15.7 Å². The predicted molar refractivity (Wildman–Crippen MR) is 113 cm³/mol. The number of ether oxygens (including phenoxy) is 2. The number of rotatable bonds is 8. The van der Waals surface area contributed by atoms with E-state index >= 15 is 0 Å². The Morgan fingerprint density at radius 3 is 2.52 bits per heavy atom. The van der Waals surface area contributed by atoms with E-state index in [4.69, 9.17) is 9.47 Å². The van der Waals surface area contributed by atoms with Gasteiger partial charge in [0.1, 0.15) is 0 Å². The van der Waals surface area contributed by atoms with Crippen molar-refractivity contribution in [2.75, 3.05) is 18.5 Å². The van der Waals surface area contributed by atoms with E-state index in [0.29, 0.717) is 36.2 Å². The van der Waals surface area contributed by atoms with Crippen molar-refractivity contribution < 1.29 is 14.3 Å². The van der Waals surface area contributed by atoms with Crippen LogP contribution in [0.2, 0.25) is 0 Å². The summed E-state index contributed by atoms with van der Waals surface area (Å²) >= 11 is 3.52. The van der Waals surface area contributed by atoms with Crippen LogP contribution >= 0.6 is 15.9 Å². The SMILES string of the molecule is CCOc1cc(Br)c(CC(=O)Nc2cccc(-n3nnnc3C)c2)cc1OCC. The Morgan fingerprint density at radius 1 is 1.14 bits per heavy atom. The van der Waals surface area contributed by atoms with Crippen LogP contribution in [0.25, 0.3) is 5.69 Å². The number of benzene rings is 2. The summed E-state index contributed by atoms with van der Waals surface area (Å²) in [6.07, 6.45) is 0.182. The van der Waals surface area contributed by atoms with Crippen LogP contribution in [0.3, 0.4) is 0 Å². The van der Waals surface area contributed by atoms with E-state index < -0.39 is 0 Å². The first-order valence-corrected chi connectivity index (χ1v) is 10.0. The molecule has 1 aromatic heterocycles. The van der Waals surface area contributed by atoms with Gasteiger partial charge in [-0.1, -0.05) is 22.0 Å². The van der Waals surface area contributed by atoms with Crippen molar-refractivity contribution in [1.29, 1.82) is 0 Å². The number of anilines is 1. The molecule has 0 saturated heterocycles. The highest BCUT2D eigenvalue weighted by atomic mass is 79.9. The van der Waals surface area contributed by atoms with Crippen LogP contribution in [0.15, 0.2) is 40.9 Å². The third-order valence-electron chi connectivity index (χ3n) is 4.06. The second-order valence-corrected chi connectivity index (χ2v) is 7.02. The zero-order valence-corrected chi connectivity index (χ0v) is 18.1. The fourth-order valence-electron chi connectivity index (χ4n) is 2.81. The van der Waals surface area contributed by atoms with Gasteiger partial charge in [0.25, 0.3) is 0 Å². The first-order valence-electron chi connectivity index (χ1n) is 9.25. The van der Waals surface area contributed by atoms with Gasteiger partial charge < -0.3 is 14.8 Å². The normalized spacial score (nSPS) is 10.6. The summed E-state index contributed by atoms with van der Waals surface area (Å²) in [6, 6.07) is 11.0. The topological polar surface area (TPSA) is 91.2 Å². The van der Waals surface area contributed by atoms with Crippen LogP contribution in [0.1, 0.15) is 25.2 Å². The molecule has 0 aliphatic heterocycles. The fraction of sp³-hybridized carbons (Fsp3) is 0.300. The van der Waals surface area contributed by atoms with Crippen LogP contribution in [-0.2, 0) is 11.2 Å². The Balaban J connectivity index is 1.76. The minimum absolute atomic E-state index is 0.150. The molecule has 1 N–H and O–H groups in total. The molecule has 8 nitrogen and oxygen atoms in total. The Bertz CT molecular complexity index is 1010. The third-order valence-corrected chi connectivity index (χ3v) is 4.80. The van der Waals surface area contributed by atoms with E-state index in [2.05, 4.69) is 36.8 Å². The van der Waals surface area contributed by atoms with Crippen molar-refractivity contribution in [2.45, 2.75) is 27.2 Å². The summed E-state index contributed by atoms with van der Waals surface area (Å²) in [7, 11) is 0. The highest BCUT2D eigenvalue weighted by Gasteiger charge is 2.14. The smallest absolute Gasteiger partial charge is 0.228 e. The number of hydrogen-bond donors (Lipinski definition) is 1. The summed E-state index contributed by atoms with van der Waals surface area (Å²) in [5.74, 6) is 1.78. The molecule has 0 spiro atoms. The molecule has 1 amide bonds. The minimum Gasteiger partial charge on any atom is -0.490 e. The first-order chi connectivity index (χ1) is 14.0. The standard InChI is InChI=1S/C20H22BrN5O3/c1-4-28-18-9-14(17(21)12-19(18)29-5-2)10-20(27)22-15-7-6-8-16(11-15)26-13(3)23-24-25-26/h6-9,11-12H,4-5,10H2,1-3H3,(H,22,27). The number of tetrazole rings is 1. The van der Waals surface area contributed by atoms with Gasteiger partial charge in [0.2, 0.25) is 5.91 Å². The van der Waals surface area contributed by atoms with Gasteiger partial charge in [-0.05, 0) is 67.1 Å². The van der Waals surface area contributed by atoms with Crippen molar-refractivity contribution in [3.63, 3.8) is 0 Å². The summed E-state index contributed by atoms with van der Waals surface area (Å²) in [5, 5.41) is 14.4. The molecule has 2 aromatic carbocycles. The number of nitrogens with one attached hydrogen (secondary N) is 1. The average Bonchev–Trinajstić information content (AvgIpc) is 3.12. The molecule has 1 heterocycles. The highest BCUT2D eigenvalue weighted by molar-refractivity contribution is 9.10. The minimum atomic E-state index is -0.150. The Labute approximate surface area is 177 Å². The summed E-state index contributed by atoms with van der Waals surface area (Å²) in [4.78, 5) is 12.6. The van der Waals surface area contributed by atoms with Crippen molar-refractivity contribution in [3.8, 4) is 17.2 Å². The lowest BCUT2D eigenvalue weighted by atomic mass is 10.1. The van der Waals surface area contributed by atoms with Crippen LogP contribution in [0.5, 0.6) is 11.5 Å². The van der Waals surface area contributed by atoms with Crippen molar-refractivity contribution >= 4 is 27.5 Å². The molecular weight excluding hydrogens is 438 g/mol. The van der Waals surface area contributed by atoms with E-state index in [1.807, 2.05) is 57.2 Å². The van der Waals surface area contributed by atoms with Crippen LogP contribution in [0, 0.1) is 6.92 Å². The quantitative estimate of drug-likeness (QED) is 0.551. The maximum Gasteiger partial charge on any atom is 0.228 e. The second kappa shape index (κ2) is 9.51. The van der Waals surface area contributed by atoms with Gasteiger partial charge in [-0.2, -0.15) is 4.68 Å². The molecule has 0 saturated carbocycles. The van der Waals surface area contributed by atoms with Crippen molar-refractivity contribution in [3.05, 3.63) is 52.3 Å². The van der Waals surface area contributed by atoms with Gasteiger partial charge in [0, 0.05) is 10.2 Å². The fourth-order valence-corrected chi connectivity index (χ4v) is 3.28. The number of carbonyl (C=O) groups excluding carboxylic acids is 1. The van der Waals surface area contributed by atoms with Gasteiger partial charge in [-0.25, -0.2) is 0 Å². The molecule has 0 radical (unpaired) electrons. The van der Waals surface area contributed by atoms with Crippen LogP contribution in [-0.4, -0.2) is 39.3 Å². The predicted octanol–water partition coefficient (Wildman–Crippen LogP) is 3.71. The molecule has 0 atom stereocenters. The largest absolute Gasteiger partial charge is 0.490 e. The first kappa shape index (κ1) is 20.8. The number of aromatic nitrogens is 4. The second-order valence-electron chi connectivity index (χ2n) is 6.17. The molecule has 0 unspecified atom stereocenters. The molecule has 0 aliphatic rings. The lowest BCUT2D eigenvalue weighted by molar-refractivity contribution is -0.115. The van der Waals surface area contributed by atoms with Gasteiger partial charge in [-0.15, -0.1) is 5.10 Å². The molecular formula is C20H22BrN5O3. The van der Waals surface area contributed by atoms with E-state index in [1.54, 1.807) is 4.68 Å². The average molecular weight is 460 g/mol.